The third-order valence-corrected chi connectivity index (χ3v) is 6.38. The number of ether oxygens (including phenoxy) is 4. The predicted octanol–water partition coefficient (Wildman–Crippen LogP) is 4.29. The van der Waals surface area contributed by atoms with Crippen molar-refractivity contribution in [2.75, 3.05) is 26.4 Å². The summed E-state index contributed by atoms with van der Waals surface area (Å²) in [4.78, 5) is 13.7. The summed E-state index contributed by atoms with van der Waals surface area (Å²) in [6.07, 6.45) is 0. The second-order valence-corrected chi connectivity index (χ2v) is 8.69. The molecule has 1 fully saturated rings. The Labute approximate surface area is 191 Å². The standard InChI is InChI=1S/C25H26O6S/c1-2-29-24(27)15-31-25(16-28-17-25)20-6-8-21(9-7-20)30-14-18-4-3-5-19(12-18)23-11-10-22(13-26)32-23/h3-12,26H,2,13-17H2,1H3. The van der Waals surface area contributed by atoms with Crippen molar-refractivity contribution in [3.05, 3.63) is 76.7 Å². The molecule has 0 atom stereocenters. The molecule has 6 nitrogen and oxygen atoms in total. The molecule has 2 heterocycles. The topological polar surface area (TPSA) is 74.2 Å². The summed E-state index contributed by atoms with van der Waals surface area (Å²) in [7, 11) is 0. The Bertz CT molecular complexity index is 1040. The Morgan fingerprint density at radius 1 is 1.12 bits per heavy atom. The van der Waals surface area contributed by atoms with Gasteiger partial charge >= 0.3 is 5.97 Å². The molecule has 0 bridgehead atoms. The van der Waals surface area contributed by atoms with Crippen LogP contribution >= 0.6 is 11.3 Å². The normalized spacial score (nSPS) is 14.6. The number of rotatable bonds is 10. The molecule has 32 heavy (non-hydrogen) atoms. The monoisotopic (exact) mass is 454 g/mol. The predicted molar refractivity (Wildman–Crippen MR) is 122 cm³/mol. The third-order valence-electron chi connectivity index (χ3n) is 5.26. The van der Waals surface area contributed by atoms with Gasteiger partial charge < -0.3 is 24.1 Å². The average molecular weight is 455 g/mol. The summed E-state index contributed by atoms with van der Waals surface area (Å²) in [6.45, 7) is 3.31. The van der Waals surface area contributed by atoms with Crippen molar-refractivity contribution in [3.8, 4) is 16.2 Å². The number of aliphatic hydroxyl groups is 1. The summed E-state index contributed by atoms with van der Waals surface area (Å²) < 4.78 is 22.1. The Hall–Kier alpha value is -2.71. The largest absolute Gasteiger partial charge is 0.489 e. The molecular formula is C25H26O6S. The van der Waals surface area contributed by atoms with Gasteiger partial charge in [0.25, 0.3) is 0 Å². The van der Waals surface area contributed by atoms with Gasteiger partial charge in [-0.05, 0) is 53.9 Å². The Kier molecular flexibility index (Phi) is 7.22. The van der Waals surface area contributed by atoms with E-state index < -0.39 is 5.60 Å². The third kappa shape index (κ3) is 5.19. The fourth-order valence-corrected chi connectivity index (χ4v) is 4.34. The number of carbonyl (C=O) groups is 1. The molecule has 1 aliphatic rings. The Balaban J connectivity index is 1.37. The Morgan fingerprint density at radius 2 is 1.94 bits per heavy atom. The summed E-state index contributed by atoms with van der Waals surface area (Å²) in [5.41, 5.74) is 2.50. The van der Waals surface area contributed by atoms with E-state index in [4.69, 9.17) is 18.9 Å². The van der Waals surface area contributed by atoms with Gasteiger partial charge in [0.15, 0.2) is 0 Å². The van der Waals surface area contributed by atoms with Gasteiger partial charge in [-0.25, -0.2) is 4.79 Å². The van der Waals surface area contributed by atoms with Crippen molar-refractivity contribution in [1.82, 2.24) is 0 Å². The molecule has 0 amide bonds. The molecule has 0 spiro atoms. The Morgan fingerprint density at radius 3 is 2.59 bits per heavy atom. The minimum absolute atomic E-state index is 0.0603. The first-order valence-corrected chi connectivity index (χ1v) is 11.3. The molecule has 7 heteroatoms. The van der Waals surface area contributed by atoms with Crippen molar-refractivity contribution in [1.29, 1.82) is 0 Å². The van der Waals surface area contributed by atoms with Gasteiger partial charge in [-0.1, -0.05) is 30.3 Å². The molecule has 1 aromatic heterocycles. The van der Waals surface area contributed by atoms with E-state index >= 15 is 0 Å². The van der Waals surface area contributed by atoms with Crippen LogP contribution in [0.25, 0.3) is 10.4 Å². The molecule has 1 aliphatic heterocycles. The van der Waals surface area contributed by atoms with E-state index in [2.05, 4.69) is 12.1 Å². The molecule has 168 valence electrons. The van der Waals surface area contributed by atoms with Gasteiger partial charge in [-0.3, -0.25) is 0 Å². The van der Waals surface area contributed by atoms with Gasteiger partial charge in [-0.2, -0.15) is 0 Å². The molecule has 0 saturated carbocycles. The summed E-state index contributed by atoms with van der Waals surface area (Å²) >= 11 is 1.59. The van der Waals surface area contributed by atoms with Crippen LogP contribution in [0.1, 0.15) is 22.9 Å². The lowest BCUT2D eigenvalue weighted by Gasteiger charge is -2.41. The minimum Gasteiger partial charge on any atom is -0.489 e. The van der Waals surface area contributed by atoms with Crippen LogP contribution in [-0.2, 0) is 37.8 Å². The number of hydrogen-bond acceptors (Lipinski definition) is 7. The van der Waals surface area contributed by atoms with Crippen LogP contribution in [0.15, 0.2) is 60.7 Å². The van der Waals surface area contributed by atoms with Crippen LogP contribution in [-0.4, -0.2) is 37.5 Å². The van der Waals surface area contributed by atoms with E-state index in [1.54, 1.807) is 18.3 Å². The second kappa shape index (κ2) is 10.3. The molecule has 2 aromatic carbocycles. The van der Waals surface area contributed by atoms with E-state index in [0.29, 0.717) is 26.4 Å². The average Bonchev–Trinajstić information content (AvgIpc) is 3.28. The molecule has 3 aromatic rings. The van der Waals surface area contributed by atoms with Crippen LogP contribution in [0.3, 0.4) is 0 Å². The molecular weight excluding hydrogens is 428 g/mol. The molecule has 0 unspecified atom stereocenters. The lowest BCUT2D eigenvalue weighted by atomic mass is 9.91. The SMILES string of the molecule is CCOC(=O)COC1(c2ccc(OCc3cccc(-c4ccc(CO)s4)c3)cc2)COC1. The van der Waals surface area contributed by atoms with Gasteiger partial charge in [0.1, 0.15) is 24.6 Å². The highest BCUT2D eigenvalue weighted by molar-refractivity contribution is 7.15. The number of aliphatic hydroxyl groups excluding tert-OH is 1. The molecule has 1 N–H and O–H groups in total. The van der Waals surface area contributed by atoms with Crippen molar-refractivity contribution in [2.45, 2.75) is 25.7 Å². The minimum atomic E-state index is -0.617. The maximum absolute atomic E-state index is 11.6. The maximum Gasteiger partial charge on any atom is 0.332 e. The van der Waals surface area contributed by atoms with Crippen molar-refractivity contribution >= 4 is 17.3 Å². The lowest BCUT2D eigenvalue weighted by Crippen LogP contribution is -2.49. The second-order valence-electron chi connectivity index (χ2n) is 7.52. The summed E-state index contributed by atoms with van der Waals surface area (Å²) in [6, 6.07) is 19.9. The fraction of sp³-hybridized carbons (Fsp3) is 0.320. The van der Waals surface area contributed by atoms with Crippen LogP contribution < -0.4 is 4.74 Å². The van der Waals surface area contributed by atoms with Crippen molar-refractivity contribution in [3.63, 3.8) is 0 Å². The highest BCUT2D eigenvalue weighted by Crippen LogP contribution is 2.35. The van der Waals surface area contributed by atoms with Crippen LogP contribution in [0.5, 0.6) is 5.75 Å². The summed E-state index contributed by atoms with van der Waals surface area (Å²) in [5, 5.41) is 9.28. The molecule has 0 aliphatic carbocycles. The lowest BCUT2D eigenvalue weighted by molar-refractivity contribution is -0.221. The fourth-order valence-electron chi connectivity index (χ4n) is 3.47. The first kappa shape index (κ1) is 22.5. The number of carbonyl (C=O) groups excluding carboxylic acids is 1. The zero-order chi connectivity index (χ0) is 22.4. The zero-order valence-electron chi connectivity index (χ0n) is 17.9. The number of thiophene rings is 1. The van der Waals surface area contributed by atoms with Gasteiger partial charge in [0, 0.05) is 9.75 Å². The van der Waals surface area contributed by atoms with E-state index in [-0.39, 0.29) is 19.2 Å². The zero-order valence-corrected chi connectivity index (χ0v) is 18.7. The quantitative estimate of drug-likeness (QED) is 0.461. The number of hydrogen-bond donors (Lipinski definition) is 1. The van der Waals surface area contributed by atoms with E-state index in [1.165, 1.54) is 0 Å². The van der Waals surface area contributed by atoms with E-state index in [1.807, 2.05) is 48.5 Å². The highest BCUT2D eigenvalue weighted by atomic mass is 32.1. The molecule has 0 radical (unpaired) electrons. The summed E-state index contributed by atoms with van der Waals surface area (Å²) in [5.74, 6) is 0.370. The van der Waals surface area contributed by atoms with Gasteiger partial charge in [0.2, 0.25) is 0 Å². The van der Waals surface area contributed by atoms with Gasteiger partial charge in [-0.15, -0.1) is 11.3 Å². The maximum atomic E-state index is 11.6. The van der Waals surface area contributed by atoms with E-state index in [9.17, 15) is 9.90 Å². The molecule has 1 saturated heterocycles. The van der Waals surface area contributed by atoms with Crippen LogP contribution in [0.4, 0.5) is 0 Å². The van der Waals surface area contributed by atoms with Crippen LogP contribution in [0.2, 0.25) is 0 Å². The number of benzene rings is 2. The van der Waals surface area contributed by atoms with Crippen LogP contribution in [0, 0.1) is 0 Å². The number of esters is 1. The van der Waals surface area contributed by atoms with E-state index in [0.717, 1.165) is 32.2 Å². The molecule has 4 rings (SSSR count). The smallest absolute Gasteiger partial charge is 0.332 e. The highest BCUT2D eigenvalue weighted by Gasteiger charge is 2.42. The van der Waals surface area contributed by atoms with Crippen molar-refractivity contribution < 1.29 is 28.8 Å². The first-order valence-electron chi connectivity index (χ1n) is 10.5. The van der Waals surface area contributed by atoms with Gasteiger partial charge in [0.05, 0.1) is 26.4 Å². The first-order chi connectivity index (χ1) is 15.6. The van der Waals surface area contributed by atoms with Crippen molar-refractivity contribution in [2.24, 2.45) is 0 Å².